The number of hydrogen-bond donors (Lipinski definition) is 2. The Kier molecular flexibility index (Phi) is 3.91. The zero-order valence-electron chi connectivity index (χ0n) is 9.98. The lowest BCUT2D eigenvalue weighted by Gasteiger charge is -2.30. The maximum atomic E-state index is 13.8. The van der Waals surface area contributed by atoms with Crippen molar-refractivity contribution in [2.45, 2.75) is 25.4 Å². The molecule has 1 unspecified atom stereocenters. The van der Waals surface area contributed by atoms with E-state index in [0.717, 1.165) is 31.2 Å². The topological polar surface area (TPSA) is 66.8 Å². The first-order valence-electron chi connectivity index (χ1n) is 5.30. The third kappa shape index (κ3) is 2.43. The molecule has 4 nitrogen and oxygen atoms in total. The number of carbonyl (C=O) groups is 1. The van der Waals surface area contributed by atoms with Crippen molar-refractivity contribution in [2.24, 2.45) is 0 Å². The van der Waals surface area contributed by atoms with Crippen molar-refractivity contribution in [3.8, 4) is 5.75 Å². The fraction of sp³-hybridized carbons (Fsp3) is 0.417. The van der Waals surface area contributed by atoms with Gasteiger partial charge in [-0.25, -0.2) is 4.79 Å². The molecule has 0 aromatic heterocycles. The van der Waals surface area contributed by atoms with Crippen LogP contribution >= 0.6 is 0 Å². The number of alkyl halides is 2. The van der Waals surface area contributed by atoms with Crippen LogP contribution < -0.4 is 0 Å². The molecule has 0 heterocycles. The molecule has 0 amide bonds. The maximum Gasteiger partial charge on any atom is 0.380 e. The zero-order valence-corrected chi connectivity index (χ0v) is 9.98. The fourth-order valence-electron chi connectivity index (χ4n) is 1.39. The largest absolute Gasteiger partial charge is 0.508 e. The summed E-state index contributed by atoms with van der Waals surface area (Å²) in [5, 5.41) is 18.9. The molecule has 0 fully saturated rings. The SMILES string of the molecule is CCOC(=O)C(F)(F)C(C)(O)c1ccc(O)cc1. The number of aliphatic hydroxyl groups is 1. The van der Waals surface area contributed by atoms with Crippen molar-refractivity contribution in [3.63, 3.8) is 0 Å². The number of aromatic hydroxyl groups is 1. The van der Waals surface area contributed by atoms with Crippen LogP contribution in [-0.2, 0) is 15.1 Å². The van der Waals surface area contributed by atoms with E-state index in [2.05, 4.69) is 4.74 Å². The van der Waals surface area contributed by atoms with Gasteiger partial charge in [0.25, 0.3) is 0 Å². The lowest BCUT2D eigenvalue weighted by atomic mass is 9.89. The van der Waals surface area contributed by atoms with Crippen molar-refractivity contribution >= 4 is 5.97 Å². The Hall–Kier alpha value is -1.69. The Morgan fingerprint density at radius 1 is 1.33 bits per heavy atom. The van der Waals surface area contributed by atoms with Gasteiger partial charge in [-0.2, -0.15) is 8.78 Å². The molecule has 0 saturated carbocycles. The molecule has 0 bridgehead atoms. The molecule has 0 radical (unpaired) electrons. The minimum Gasteiger partial charge on any atom is -0.508 e. The molecule has 18 heavy (non-hydrogen) atoms. The summed E-state index contributed by atoms with van der Waals surface area (Å²) in [6.07, 6.45) is 0. The van der Waals surface area contributed by atoms with Crippen LogP contribution in [0, 0.1) is 0 Å². The predicted octanol–water partition coefficient (Wildman–Crippen LogP) is 1.80. The third-order valence-corrected chi connectivity index (χ3v) is 2.57. The van der Waals surface area contributed by atoms with Gasteiger partial charge in [-0.3, -0.25) is 0 Å². The van der Waals surface area contributed by atoms with Crippen LogP contribution in [0.3, 0.4) is 0 Å². The van der Waals surface area contributed by atoms with Gasteiger partial charge in [-0.05, 0) is 31.5 Å². The molecule has 0 aliphatic heterocycles. The minimum absolute atomic E-state index is 0.131. The van der Waals surface area contributed by atoms with Gasteiger partial charge < -0.3 is 14.9 Å². The number of ether oxygens (including phenoxy) is 1. The zero-order chi connectivity index (χ0) is 14.0. The average molecular weight is 260 g/mol. The number of benzene rings is 1. The molecule has 0 saturated heterocycles. The number of phenolic OH excluding ortho intramolecular Hbond substituents is 1. The summed E-state index contributed by atoms with van der Waals surface area (Å²) in [5.41, 5.74) is -2.91. The van der Waals surface area contributed by atoms with E-state index in [0.29, 0.717) is 0 Å². The maximum absolute atomic E-state index is 13.8. The van der Waals surface area contributed by atoms with Crippen LogP contribution in [0.15, 0.2) is 24.3 Å². The van der Waals surface area contributed by atoms with E-state index in [1.807, 2.05) is 0 Å². The molecule has 6 heteroatoms. The van der Waals surface area contributed by atoms with E-state index in [1.54, 1.807) is 0 Å². The van der Waals surface area contributed by atoms with E-state index < -0.39 is 17.5 Å². The molecular formula is C12H14F2O4. The van der Waals surface area contributed by atoms with Crippen LogP contribution in [0.2, 0.25) is 0 Å². The number of esters is 1. The van der Waals surface area contributed by atoms with Crippen molar-refractivity contribution < 1.29 is 28.5 Å². The molecule has 2 N–H and O–H groups in total. The summed E-state index contributed by atoms with van der Waals surface area (Å²) in [6.45, 7) is 2.00. The number of halogens is 2. The lowest BCUT2D eigenvalue weighted by Crippen LogP contribution is -2.49. The molecule has 0 aliphatic carbocycles. The smallest absolute Gasteiger partial charge is 0.380 e. The van der Waals surface area contributed by atoms with Crippen molar-refractivity contribution in [1.29, 1.82) is 0 Å². The van der Waals surface area contributed by atoms with E-state index in [-0.39, 0.29) is 17.9 Å². The van der Waals surface area contributed by atoms with Gasteiger partial charge >= 0.3 is 11.9 Å². The van der Waals surface area contributed by atoms with Gasteiger partial charge in [0.1, 0.15) is 5.75 Å². The first-order valence-corrected chi connectivity index (χ1v) is 5.30. The Morgan fingerprint density at radius 2 is 1.83 bits per heavy atom. The monoisotopic (exact) mass is 260 g/mol. The highest BCUT2D eigenvalue weighted by atomic mass is 19.3. The molecule has 0 aliphatic rings. The van der Waals surface area contributed by atoms with Crippen LogP contribution in [0.4, 0.5) is 8.78 Å². The fourth-order valence-corrected chi connectivity index (χ4v) is 1.39. The standard InChI is InChI=1S/C12H14F2O4/c1-3-18-10(16)12(13,14)11(2,17)8-4-6-9(15)7-5-8/h4-7,15,17H,3H2,1-2H3. The predicted molar refractivity (Wildman–Crippen MR) is 59.3 cm³/mol. The van der Waals surface area contributed by atoms with Crippen molar-refractivity contribution in [3.05, 3.63) is 29.8 Å². The van der Waals surface area contributed by atoms with E-state index in [9.17, 15) is 18.7 Å². The highest BCUT2D eigenvalue weighted by Crippen LogP contribution is 2.38. The van der Waals surface area contributed by atoms with Gasteiger partial charge in [0.15, 0.2) is 5.60 Å². The normalized spacial score (nSPS) is 14.9. The number of hydrogen-bond acceptors (Lipinski definition) is 4. The van der Waals surface area contributed by atoms with Crippen LogP contribution in [-0.4, -0.2) is 28.7 Å². The van der Waals surface area contributed by atoms with E-state index in [4.69, 9.17) is 5.11 Å². The molecule has 1 aromatic carbocycles. The van der Waals surface area contributed by atoms with Crippen LogP contribution in [0.1, 0.15) is 19.4 Å². The average Bonchev–Trinajstić information content (AvgIpc) is 2.29. The second-order valence-corrected chi connectivity index (χ2v) is 3.91. The first kappa shape index (κ1) is 14.4. The van der Waals surface area contributed by atoms with E-state index >= 15 is 0 Å². The van der Waals surface area contributed by atoms with Gasteiger partial charge in [0, 0.05) is 0 Å². The Balaban J connectivity index is 3.11. The molecule has 1 atom stereocenters. The Morgan fingerprint density at radius 3 is 2.28 bits per heavy atom. The quantitative estimate of drug-likeness (QED) is 0.810. The first-order chi connectivity index (χ1) is 8.23. The Bertz CT molecular complexity index is 426. The molecular weight excluding hydrogens is 246 g/mol. The second-order valence-electron chi connectivity index (χ2n) is 3.91. The minimum atomic E-state index is -4.08. The second kappa shape index (κ2) is 4.89. The Labute approximate surface area is 103 Å². The van der Waals surface area contributed by atoms with Gasteiger partial charge in [-0.1, -0.05) is 12.1 Å². The summed E-state index contributed by atoms with van der Waals surface area (Å²) in [6, 6.07) is 4.51. The highest BCUT2D eigenvalue weighted by Gasteiger charge is 2.57. The number of phenols is 1. The molecule has 1 aromatic rings. The van der Waals surface area contributed by atoms with Crippen molar-refractivity contribution in [1.82, 2.24) is 0 Å². The van der Waals surface area contributed by atoms with Gasteiger partial charge in [-0.15, -0.1) is 0 Å². The van der Waals surface area contributed by atoms with Crippen LogP contribution in [0.25, 0.3) is 0 Å². The molecule has 100 valence electrons. The molecule has 1 rings (SSSR count). The van der Waals surface area contributed by atoms with Gasteiger partial charge in [0.05, 0.1) is 6.61 Å². The molecule has 0 spiro atoms. The third-order valence-electron chi connectivity index (χ3n) is 2.57. The summed E-state index contributed by atoms with van der Waals surface area (Å²) in [7, 11) is 0. The highest BCUT2D eigenvalue weighted by molar-refractivity contribution is 5.79. The summed E-state index contributed by atoms with van der Waals surface area (Å²) >= 11 is 0. The lowest BCUT2D eigenvalue weighted by molar-refractivity contribution is -0.212. The summed E-state index contributed by atoms with van der Waals surface area (Å²) in [4.78, 5) is 11.2. The summed E-state index contributed by atoms with van der Waals surface area (Å²) in [5.74, 6) is -6.00. The van der Waals surface area contributed by atoms with Gasteiger partial charge in [0.2, 0.25) is 0 Å². The van der Waals surface area contributed by atoms with E-state index in [1.165, 1.54) is 6.92 Å². The summed E-state index contributed by atoms with van der Waals surface area (Å²) < 4.78 is 31.8. The van der Waals surface area contributed by atoms with Crippen molar-refractivity contribution in [2.75, 3.05) is 6.61 Å². The number of rotatable bonds is 4. The number of carbonyl (C=O) groups excluding carboxylic acids is 1. The van der Waals surface area contributed by atoms with Crippen LogP contribution in [0.5, 0.6) is 5.75 Å².